The average molecular weight is 225 g/mol. The lowest BCUT2D eigenvalue weighted by atomic mass is 9.96. The minimum Gasteiger partial charge on any atom is -0.326 e. The van der Waals surface area contributed by atoms with Gasteiger partial charge in [-0.3, -0.25) is 10.1 Å². The van der Waals surface area contributed by atoms with Crippen molar-refractivity contribution >= 4 is 5.91 Å². The zero-order chi connectivity index (χ0) is 11.5. The fourth-order valence-corrected chi connectivity index (χ4v) is 2.71. The second-order valence-electron chi connectivity index (χ2n) is 5.10. The fourth-order valence-electron chi connectivity index (χ4n) is 2.71. The highest BCUT2D eigenvalue weighted by Crippen LogP contribution is 2.20. The van der Waals surface area contributed by atoms with Gasteiger partial charge < -0.3 is 9.80 Å². The molecule has 2 fully saturated rings. The summed E-state index contributed by atoms with van der Waals surface area (Å²) in [5.41, 5.74) is 0. The first-order valence-corrected chi connectivity index (χ1v) is 6.42. The standard InChI is InChI=1S/C12H23N3O/c1-3-11-13-8-12(16)15(11)9-10-4-6-14(2)7-5-10/h10-11,13H,3-9H2,1-2H3. The van der Waals surface area contributed by atoms with Crippen LogP contribution in [0.25, 0.3) is 0 Å². The first kappa shape index (κ1) is 11.9. The van der Waals surface area contributed by atoms with E-state index in [4.69, 9.17) is 0 Å². The molecule has 0 bridgehead atoms. The molecule has 1 N–H and O–H groups in total. The number of likely N-dealkylation sites (tertiary alicyclic amines) is 1. The Kier molecular flexibility index (Phi) is 3.82. The topological polar surface area (TPSA) is 35.6 Å². The van der Waals surface area contributed by atoms with Crippen LogP contribution in [0.5, 0.6) is 0 Å². The van der Waals surface area contributed by atoms with Crippen LogP contribution in [0, 0.1) is 5.92 Å². The van der Waals surface area contributed by atoms with Crippen LogP contribution in [-0.4, -0.2) is 55.1 Å². The lowest BCUT2D eigenvalue weighted by Gasteiger charge is -2.33. The molecule has 2 heterocycles. The van der Waals surface area contributed by atoms with Crippen LogP contribution in [-0.2, 0) is 4.79 Å². The van der Waals surface area contributed by atoms with Crippen molar-refractivity contribution < 1.29 is 4.79 Å². The van der Waals surface area contributed by atoms with E-state index in [0.29, 0.717) is 12.5 Å². The quantitative estimate of drug-likeness (QED) is 0.759. The van der Waals surface area contributed by atoms with E-state index in [-0.39, 0.29) is 12.1 Å². The van der Waals surface area contributed by atoms with E-state index in [2.05, 4.69) is 29.1 Å². The Morgan fingerprint density at radius 1 is 1.38 bits per heavy atom. The molecule has 0 spiro atoms. The summed E-state index contributed by atoms with van der Waals surface area (Å²) in [5, 5.41) is 3.27. The number of carbonyl (C=O) groups excluding carboxylic acids is 1. The summed E-state index contributed by atoms with van der Waals surface area (Å²) in [6.07, 6.45) is 3.76. The van der Waals surface area contributed by atoms with Crippen molar-refractivity contribution in [2.24, 2.45) is 5.92 Å². The Hall–Kier alpha value is -0.610. The van der Waals surface area contributed by atoms with Gasteiger partial charge >= 0.3 is 0 Å². The van der Waals surface area contributed by atoms with Crippen molar-refractivity contribution in [2.45, 2.75) is 32.4 Å². The molecule has 4 heteroatoms. The minimum absolute atomic E-state index is 0.283. The zero-order valence-electron chi connectivity index (χ0n) is 10.4. The maximum atomic E-state index is 11.7. The summed E-state index contributed by atoms with van der Waals surface area (Å²) in [5.74, 6) is 0.986. The van der Waals surface area contributed by atoms with E-state index in [1.165, 1.54) is 25.9 Å². The Balaban J connectivity index is 1.86. The highest BCUT2D eigenvalue weighted by molar-refractivity contribution is 5.80. The van der Waals surface area contributed by atoms with E-state index in [1.807, 2.05) is 0 Å². The predicted octanol–water partition coefficient (Wildman–Crippen LogP) is 0.496. The Morgan fingerprint density at radius 3 is 2.69 bits per heavy atom. The van der Waals surface area contributed by atoms with Crippen LogP contribution < -0.4 is 5.32 Å². The fraction of sp³-hybridized carbons (Fsp3) is 0.917. The van der Waals surface area contributed by atoms with Crippen molar-refractivity contribution in [3.63, 3.8) is 0 Å². The predicted molar refractivity (Wildman–Crippen MR) is 64.0 cm³/mol. The number of nitrogens with zero attached hydrogens (tertiary/aromatic N) is 2. The van der Waals surface area contributed by atoms with Gasteiger partial charge in [0.15, 0.2) is 0 Å². The van der Waals surface area contributed by atoms with E-state index in [0.717, 1.165) is 13.0 Å². The normalized spacial score (nSPS) is 29.0. The molecular weight excluding hydrogens is 202 g/mol. The molecule has 16 heavy (non-hydrogen) atoms. The van der Waals surface area contributed by atoms with Gasteiger partial charge in [-0.1, -0.05) is 6.92 Å². The molecular formula is C12H23N3O. The van der Waals surface area contributed by atoms with Gasteiger partial charge in [0.1, 0.15) is 0 Å². The van der Waals surface area contributed by atoms with Gasteiger partial charge in [-0.05, 0) is 45.3 Å². The number of hydrogen-bond donors (Lipinski definition) is 1. The van der Waals surface area contributed by atoms with E-state index < -0.39 is 0 Å². The molecule has 0 aliphatic carbocycles. The van der Waals surface area contributed by atoms with E-state index in [1.54, 1.807) is 0 Å². The second-order valence-corrected chi connectivity index (χ2v) is 5.10. The van der Waals surface area contributed by atoms with Crippen LogP contribution in [0.1, 0.15) is 26.2 Å². The number of rotatable bonds is 3. The summed E-state index contributed by atoms with van der Waals surface area (Å²) in [4.78, 5) is 16.2. The number of piperidine rings is 1. The number of carbonyl (C=O) groups is 1. The molecule has 1 unspecified atom stereocenters. The van der Waals surface area contributed by atoms with Crippen molar-refractivity contribution in [1.82, 2.24) is 15.1 Å². The molecule has 1 atom stereocenters. The average Bonchev–Trinajstić information content (AvgIpc) is 2.63. The summed E-state index contributed by atoms with van der Waals surface area (Å²) in [6.45, 7) is 5.98. The summed E-state index contributed by atoms with van der Waals surface area (Å²) >= 11 is 0. The molecule has 2 aliphatic rings. The molecule has 4 nitrogen and oxygen atoms in total. The molecule has 1 amide bonds. The first-order valence-electron chi connectivity index (χ1n) is 6.42. The van der Waals surface area contributed by atoms with Crippen LogP contribution in [0.4, 0.5) is 0 Å². The SMILES string of the molecule is CCC1NCC(=O)N1CC1CCN(C)CC1. The highest BCUT2D eigenvalue weighted by Gasteiger charge is 2.31. The Labute approximate surface area is 98.0 Å². The lowest BCUT2D eigenvalue weighted by molar-refractivity contribution is -0.128. The third-order valence-electron chi connectivity index (χ3n) is 3.87. The molecule has 2 rings (SSSR count). The van der Waals surface area contributed by atoms with Gasteiger partial charge in [0.05, 0.1) is 12.7 Å². The molecule has 92 valence electrons. The summed E-state index contributed by atoms with van der Waals surface area (Å²) in [6, 6.07) is 0. The Morgan fingerprint density at radius 2 is 2.06 bits per heavy atom. The van der Waals surface area contributed by atoms with Crippen molar-refractivity contribution in [2.75, 3.05) is 33.2 Å². The van der Waals surface area contributed by atoms with Crippen LogP contribution in [0.3, 0.4) is 0 Å². The first-order chi connectivity index (χ1) is 7.70. The van der Waals surface area contributed by atoms with Gasteiger partial charge in [-0.2, -0.15) is 0 Å². The molecule has 0 aromatic heterocycles. The summed E-state index contributed by atoms with van der Waals surface area (Å²) < 4.78 is 0. The lowest BCUT2D eigenvalue weighted by Crippen LogP contribution is -2.42. The molecule has 0 saturated carbocycles. The van der Waals surface area contributed by atoms with Gasteiger partial charge in [-0.25, -0.2) is 0 Å². The van der Waals surface area contributed by atoms with Gasteiger partial charge in [0.2, 0.25) is 5.91 Å². The van der Waals surface area contributed by atoms with Crippen LogP contribution >= 0.6 is 0 Å². The molecule has 2 saturated heterocycles. The molecule has 0 radical (unpaired) electrons. The second kappa shape index (κ2) is 5.15. The van der Waals surface area contributed by atoms with E-state index in [9.17, 15) is 4.79 Å². The monoisotopic (exact) mass is 225 g/mol. The maximum absolute atomic E-state index is 11.7. The largest absolute Gasteiger partial charge is 0.326 e. The van der Waals surface area contributed by atoms with Gasteiger partial charge in [-0.15, -0.1) is 0 Å². The van der Waals surface area contributed by atoms with Gasteiger partial charge in [0.25, 0.3) is 0 Å². The number of amides is 1. The minimum atomic E-state index is 0.283. The van der Waals surface area contributed by atoms with E-state index >= 15 is 0 Å². The Bertz CT molecular complexity index is 249. The van der Waals surface area contributed by atoms with Crippen molar-refractivity contribution in [3.8, 4) is 0 Å². The van der Waals surface area contributed by atoms with Gasteiger partial charge in [0, 0.05) is 6.54 Å². The number of nitrogens with one attached hydrogen (secondary N) is 1. The number of hydrogen-bond acceptors (Lipinski definition) is 3. The zero-order valence-corrected chi connectivity index (χ0v) is 10.4. The third kappa shape index (κ3) is 2.55. The summed E-state index contributed by atoms with van der Waals surface area (Å²) in [7, 11) is 2.17. The third-order valence-corrected chi connectivity index (χ3v) is 3.87. The highest BCUT2D eigenvalue weighted by atomic mass is 16.2. The molecule has 2 aliphatic heterocycles. The van der Waals surface area contributed by atoms with Crippen molar-refractivity contribution in [1.29, 1.82) is 0 Å². The molecule has 0 aromatic rings. The smallest absolute Gasteiger partial charge is 0.237 e. The van der Waals surface area contributed by atoms with Crippen LogP contribution in [0.15, 0.2) is 0 Å². The molecule has 0 aromatic carbocycles. The maximum Gasteiger partial charge on any atom is 0.237 e. The van der Waals surface area contributed by atoms with Crippen LogP contribution in [0.2, 0.25) is 0 Å². The van der Waals surface area contributed by atoms with Crippen molar-refractivity contribution in [3.05, 3.63) is 0 Å².